The Balaban J connectivity index is 2.48. The number of halogens is 2. The summed E-state index contributed by atoms with van der Waals surface area (Å²) in [4.78, 5) is 10.7. The van der Waals surface area contributed by atoms with Crippen molar-refractivity contribution in [3.05, 3.63) is 33.8 Å². The van der Waals surface area contributed by atoms with Crippen LogP contribution in [0.4, 0.5) is 0 Å². The number of hydrogen-bond donors (Lipinski definition) is 1. The van der Waals surface area contributed by atoms with Crippen molar-refractivity contribution in [2.45, 2.75) is 26.2 Å². The molecule has 4 heteroatoms. The maximum atomic E-state index is 10.7. The molecule has 2 nitrogen and oxygen atoms in total. The lowest BCUT2D eigenvalue weighted by Crippen LogP contribution is -2.15. The summed E-state index contributed by atoms with van der Waals surface area (Å²) in [6.07, 6.45) is 2.23. The molecule has 0 spiro atoms. The number of benzene rings is 1. The molecule has 0 saturated heterocycles. The number of rotatable bonds is 5. The predicted octanol–water partition coefficient (Wildman–Crippen LogP) is 3.44. The van der Waals surface area contributed by atoms with Crippen LogP contribution in [0.3, 0.4) is 0 Å². The fourth-order valence-corrected chi connectivity index (χ4v) is 1.87. The number of carbonyl (C=O) groups is 1. The first-order valence-corrected chi connectivity index (χ1v) is 5.97. The molecule has 0 aliphatic heterocycles. The van der Waals surface area contributed by atoms with Gasteiger partial charge in [-0.2, -0.15) is 0 Å². The van der Waals surface area contributed by atoms with Gasteiger partial charge in [0.05, 0.1) is 10.0 Å². The van der Waals surface area contributed by atoms with Gasteiger partial charge in [0.15, 0.2) is 0 Å². The molecule has 0 aliphatic rings. The van der Waals surface area contributed by atoms with Gasteiger partial charge in [-0.3, -0.25) is 4.79 Å². The van der Waals surface area contributed by atoms with E-state index in [4.69, 9.17) is 28.9 Å². The highest BCUT2D eigenvalue weighted by molar-refractivity contribution is 6.42. The standard InChI is InChI=1S/C12H15Cl2NO/c1-8(6-12(15)16)2-3-9-4-5-10(13)11(14)7-9/h4-5,7-8H,2-3,6H2,1H3,(H2,15,16). The number of carbonyl (C=O) groups excluding carboxylic acids is 1. The van der Waals surface area contributed by atoms with Crippen LogP contribution in [-0.2, 0) is 11.2 Å². The van der Waals surface area contributed by atoms with Crippen molar-refractivity contribution in [2.24, 2.45) is 11.7 Å². The number of primary amides is 1. The van der Waals surface area contributed by atoms with Crippen LogP contribution in [0, 0.1) is 5.92 Å². The minimum absolute atomic E-state index is 0.248. The van der Waals surface area contributed by atoms with Crippen LogP contribution in [0.25, 0.3) is 0 Å². The van der Waals surface area contributed by atoms with Crippen molar-refractivity contribution < 1.29 is 4.79 Å². The first-order valence-electron chi connectivity index (χ1n) is 5.21. The summed E-state index contributed by atoms with van der Waals surface area (Å²) in [7, 11) is 0. The van der Waals surface area contributed by atoms with E-state index in [1.807, 2.05) is 19.1 Å². The van der Waals surface area contributed by atoms with Gasteiger partial charge in [-0.15, -0.1) is 0 Å². The highest BCUT2D eigenvalue weighted by Gasteiger charge is 2.07. The molecule has 16 heavy (non-hydrogen) atoms. The van der Waals surface area contributed by atoms with Crippen LogP contribution in [0.15, 0.2) is 18.2 Å². The summed E-state index contributed by atoms with van der Waals surface area (Å²) >= 11 is 11.7. The maximum absolute atomic E-state index is 10.7. The molecule has 1 aromatic rings. The fraction of sp³-hybridized carbons (Fsp3) is 0.417. The molecule has 0 radical (unpaired) electrons. The zero-order chi connectivity index (χ0) is 12.1. The molecule has 2 N–H and O–H groups in total. The predicted molar refractivity (Wildman–Crippen MR) is 67.8 cm³/mol. The zero-order valence-electron chi connectivity index (χ0n) is 9.17. The minimum Gasteiger partial charge on any atom is -0.370 e. The molecule has 0 heterocycles. The van der Waals surface area contributed by atoms with Gasteiger partial charge in [0.1, 0.15) is 0 Å². The zero-order valence-corrected chi connectivity index (χ0v) is 10.7. The molecule has 1 rings (SSSR count). The van der Waals surface area contributed by atoms with E-state index in [2.05, 4.69) is 0 Å². The lowest BCUT2D eigenvalue weighted by atomic mass is 9.98. The van der Waals surface area contributed by atoms with E-state index < -0.39 is 0 Å². The van der Waals surface area contributed by atoms with E-state index in [-0.39, 0.29) is 5.91 Å². The second-order valence-corrected chi connectivity index (χ2v) is 4.88. The van der Waals surface area contributed by atoms with E-state index in [0.29, 0.717) is 22.4 Å². The van der Waals surface area contributed by atoms with Crippen LogP contribution in [0.1, 0.15) is 25.3 Å². The van der Waals surface area contributed by atoms with E-state index in [9.17, 15) is 4.79 Å². The highest BCUT2D eigenvalue weighted by atomic mass is 35.5. The smallest absolute Gasteiger partial charge is 0.217 e. The molecule has 1 atom stereocenters. The SMILES string of the molecule is CC(CCc1ccc(Cl)c(Cl)c1)CC(N)=O. The van der Waals surface area contributed by atoms with Crippen LogP contribution >= 0.6 is 23.2 Å². The Kier molecular flexibility index (Phi) is 5.10. The minimum atomic E-state index is -0.248. The van der Waals surface area contributed by atoms with Gasteiger partial charge in [0, 0.05) is 6.42 Å². The third-order valence-electron chi connectivity index (χ3n) is 2.46. The van der Waals surface area contributed by atoms with Crippen molar-refractivity contribution in [2.75, 3.05) is 0 Å². The number of nitrogens with two attached hydrogens (primary N) is 1. The van der Waals surface area contributed by atoms with Gasteiger partial charge in [-0.25, -0.2) is 0 Å². The summed E-state index contributed by atoms with van der Waals surface area (Å²) in [6, 6.07) is 5.60. The van der Waals surface area contributed by atoms with Gasteiger partial charge in [-0.05, 0) is 36.5 Å². The Hall–Kier alpha value is -0.730. The Morgan fingerprint density at radius 1 is 1.38 bits per heavy atom. The van der Waals surface area contributed by atoms with Gasteiger partial charge in [-0.1, -0.05) is 36.2 Å². The summed E-state index contributed by atoms with van der Waals surface area (Å²) in [5, 5.41) is 1.14. The molecule has 1 amide bonds. The quantitative estimate of drug-likeness (QED) is 0.865. The second-order valence-electron chi connectivity index (χ2n) is 4.06. The summed E-state index contributed by atoms with van der Waals surface area (Å²) < 4.78 is 0. The van der Waals surface area contributed by atoms with E-state index in [1.165, 1.54) is 0 Å². The molecular formula is C12H15Cl2NO. The summed E-state index contributed by atoms with van der Waals surface area (Å²) in [6.45, 7) is 2.02. The Labute approximate surface area is 106 Å². The third-order valence-corrected chi connectivity index (χ3v) is 3.20. The average molecular weight is 260 g/mol. The van der Waals surface area contributed by atoms with Crippen LogP contribution in [-0.4, -0.2) is 5.91 Å². The molecule has 0 fully saturated rings. The molecule has 0 saturated carbocycles. The first-order chi connectivity index (χ1) is 7.49. The van der Waals surface area contributed by atoms with E-state index >= 15 is 0 Å². The maximum Gasteiger partial charge on any atom is 0.217 e. The van der Waals surface area contributed by atoms with E-state index in [1.54, 1.807) is 6.07 Å². The van der Waals surface area contributed by atoms with Crippen LogP contribution in [0.2, 0.25) is 10.0 Å². The highest BCUT2D eigenvalue weighted by Crippen LogP contribution is 2.24. The Morgan fingerprint density at radius 3 is 2.62 bits per heavy atom. The molecular weight excluding hydrogens is 245 g/mol. The van der Waals surface area contributed by atoms with Crippen molar-refractivity contribution in [1.82, 2.24) is 0 Å². The van der Waals surface area contributed by atoms with Gasteiger partial charge in [0.25, 0.3) is 0 Å². The van der Waals surface area contributed by atoms with Crippen LogP contribution in [0.5, 0.6) is 0 Å². The van der Waals surface area contributed by atoms with Crippen molar-refractivity contribution in [3.63, 3.8) is 0 Å². The molecule has 0 bridgehead atoms. The molecule has 1 unspecified atom stereocenters. The number of aryl methyl sites for hydroxylation is 1. The fourth-order valence-electron chi connectivity index (χ4n) is 1.55. The van der Waals surface area contributed by atoms with Crippen molar-refractivity contribution >= 4 is 29.1 Å². The second kappa shape index (κ2) is 6.12. The van der Waals surface area contributed by atoms with E-state index in [0.717, 1.165) is 18.4 Å². The molecule has 0 aliphatic carbocycles. The Morgan fingerprint density at radius 2 is 2.06 bits per heavy atom. The molecule has 1 aromatic carbocycles. The lowest BCUT2D eigenvalue weighted by Gasteiger charge is -2.09. The molecule has 88 valence electrons. The summed E-state index contributed by atoms with van der Waals surface area (Å²) in [5.41, 5.74) is 6.26. The van der Waals surface area contributed by atoms with Gasteiger partial charge < -0.3 is 5.73 Å². The van der Waals surface area contributed by atoms with Gasteiger partial charge >= 0.3 is 0 Å². The first kappa shape index (κ1) is 13.3. The third kappa shape index (κ3) is 4.42. The normalized spacial score (nSPS) is 12.4. The number of amides is 1. The van der Waals surface area contributed by atoms with Crippen molar-refractivity contribution in [3.8, 4) is 0 Å². The average Bonchev–Trinajstić information content (AvgIpc) is 2.19. The van der Waals surface area contributed by atoms with Crippen LogP contribution < -0.4 is 5.73 Å². The topological polar surface area (TPSA) is 43.1 Å². The van der Waals surface area contributed by atoms with Gasteiger partial charge in [0.2, 0.25) is 5.91 Å². The Bertz CT molecular complexity index is 379. The molecule has 0 aromatic heterocycles. The van der Waals surface area contributed by atoms with Crippen molar-refractivity contribution in [1.29, 1.82) is 0 Å². The largest absolute Gasteiger partial charge is 0.370 e. The number of hydrogen-bond acceptors (Lipinski definition) is 1. The summed E-state index contributed by atoms with van der Waals surface area (Å²) in [5.74, 6) is 0.0496. The lowest BCUT2D eigenvalue weighted by molar-refractivity contribution is -0.118. The monoisotopic (exact) mass is 259 g/mol.